The number of sulfonamides is 1. The molecule has 1 aromatic carbocycles. The smallest absolute Gasteiger partial charge is 0.246 e. The topological polar surface area (TPSA) is 95.1 Å². The maximum absolute atomic E-state index is 12.5. The quantitative estimate of drug-likeness (QED) is 0.692. The van der Waals surface area contributed by atoms with E-state index in [1.807, 2.05) is 5.38 Å². The fraction of sp³-hybridized carbons (Fsp3) is 0.444. The number of amides is 1. The van der Waals surface area contributed by atoms with Crippen LogP contribution < -0.4 is 15.0 Å². The van der Waals surface area contributed by atoms with Gasteiger partial charge in [0.15, 0.2) is 5.13 Å². The second kappa shape index (κ2) is 9.08. The molecule has 2 heterocycles. The number of thiazole rings is 1. The lowest BCUT2D eigenvalue weighted by molar-refractivity contribution is -0.117. The SMILES string of the molecule is COc1ccc(NC(=O)CN2CCN(c3nccs3)CC2)cc1S(=O)(=O)N(C)C. The van der Waals surface area contributed by atoms with Crippen LogP contribution in [-0.2, 0) is 14.8 Å². The fourth-order valence-electron chi connectivity index (χ4n) is 3.03. The number of piperazine rings is 1. The molecule has 1 N–H and O–H groups in total. The van der Waals surface area contributed by atoms with Crippen molar-refractivity contribution in [3.05, 3.63) is 29.8 Å². The van der Waals surface area contributed by atoms with Crippen molar-refractivity contribution in [1.29, 1.82) is 0 Å². The molecule has 0 unspecified atom stereocenters. The van der Waals surface area contributed by atoms with E-state index in [1.54, 1.807) is 29.7 Å². The van der Waals surface area contributed by atoms with Gasteiger partial charge in [-0.3, -0.25) is 9.69 Å². The summed E-state index contributed by atoms with van der Waals surface area (Å²) in [5, 5.41) is 5.74. The Hall–Kier alpha value is -2.21. The molecule has 0 atom stereocenters. The molecule has 1 aliphatic rings. The molecule has 0 bridgehead atoms. The highest BCUT2D eigenvalue weighted by molar-refractivity contribution is 7.89. The minimum absolute atomic E-state index is 0.0138. The van der Waals surface area contributed by atoms with E-state index < -0.39 is 10.0 Å². The Bertz CT molecular complexity index is 939. The van der Waals surface area contributed by atoms with Gasteiger partial charge in [-0.25, -0.2) is 17.7 Å². The summed E-state index contributed by atoms with van der Waals surface area (Å²) in [5.74, 6) is 0.0427. The normalized spacial score (nSPS) is 15.5. The zero-order valence-corrected chi connectivity index (χ0v) is 18.3. The fourth-order valence-corrected chi connectivity index (χ4v) is 4.80. The van der Waals surface area contributed by atoms with Crippen molar-refractivity contribution in [3.8, 4) is 5.75 Å². The van der Waals surface area contributed by atoms with E-state index >= 15 is 0 Å². The number of aromatic nitrogens is 1. The predicted octanol–water partition coefficient (Wildman–Crippen LogP) is 1.16. The number of nitrogens with zero attached hydrogens (tertiary/aromatic N) is 4. The van der Waals surface area contributed by atoms with Gasteiger partial charge in [-0.05, 0) is 18.2 Å². The molecule has 0 saturated carbocycles. The van der Waals surface area contributed by atoms with E-state index in [0.29, 0.717) is 5.69 Å². The van der Waals surface area contributed by atoms with E-state index in [4.69, 9.17) is 4.74 Å². The number of carbonyl (C=O) groups excluding carboxylic acids is 1. The van der Waals surface area contributed by atoms with Gasteiger partial charge in [-0.15, -0.1) is 11.3 Å². The Morgan fingerprint density at radius 3 is 2.59 bits per heavy atom. The summed E-state index contributed by atoms with van der Waals surface area (Å²) < 4.78 is 31.3. The van der Waals surface area contributed by atoms with Gasteiger partial charge in [0, 0.05) is 57.5 Å². The number of carbonyl (C=O) groups is 1. The average Bonchev–Trinajstić information content (AvgIpc) is 3.23. The van der Waals surface area contributed by atoms with Gasteiger partial charge in [-0.1, -0.05) is 0 Å². The minimum Gasteiger partial charge on any atom is -0.495 e. The Morgan fingerprint density at radius 1 is 1.28 bits per heavy atom. The Kier molecular flexibility index (Phi) is 6.73. The molecule has 0 aliphatic carbocycles. The van der Waals surface area contributed by atoms with Crippen molar-refractivity contribution >= 4 is 38.1 Å². The minimum atomic E-state index is -3.70. The van der Waals surface area contributed by atoms with Crippen LogP contribution in [0.4, 0.5) is 10.8 Å². The standard InChI is InChI=1S/C18H25N5O4S2/c1-21(2)29(25,26)16-12-14(4-5-15(16)27-3)20-17(24)13-22-7-9-23(10-8-22)18-19-6-11-28-18/h4-6,11-12H,7-10,13H2,1-3H3,(H,20,24). The molecule has 1 amide bonds. The van der Waals surface area contributed by atoms with Crippen LogP contribution in [-0.4, -0.2) is 82.4 Å². The van der Waals surface area contributed by atoms with Gasteiger partial charge >= 0.3 is 0 Å². The van der Waals surface area contributed by atoms with Crippen molar-refractivity contribution in [2.75, 3.05) is 64.1 Å². The second-order valence-corrected chi connectivity index (χ2v) is 9.77. The van der Waals surface area contributed by atoms with Crippen molar-refractivity contribution < 1.29 is 17.9 Å². The first-order chi connectivity index (χ1) is 13.8. The lowest BCUT2D eigenvalue weighted by Crippen LogP contribution is -2.48. The lowest BCUT2D eigenvalue weighted by atomic mass is 10.3. The third-order valence-electron chi connectivity index (χ3n) is 4.64. The molecular weight excluding hydrogens is 414 g/mol. The summed E-state index contributed by atoms with van der Waals surface area (Å²) in [6.07, 6.45) is 1.79. The molecule has 2 aromatic rings. The average molecular weight is 440 g/mol. The first-order valence-electron chi connectivity index (χ1n) is 9.08. The second-order valence-electron chi connectivity index (χ2n) is 6.78. The number of anilines is 2. The molecule has 158 valence electrons. The van der Waals surface area contributed by atoms with Gasteiger partial charge in [0.25, 0.3) is 0 Å². The van der Waals surface area contributed by atoms with E-state index in [0.717, 1.165) is 35.6 Å². The van der Waals surface area contributed by atoms with Crippen LogP contribution >= 0.6 is 11.3 Å². The lowest BCUT2D eigenvalue weighted by Gasteiger charge is -2.34. The molecule has 1 fully saturated rings. The highest BCUT2D eigenvalue weighted by Gasteiger charge is 2.24. The van der Waals surface area contributed by atoms with Gasteiger partial charge < -0.3 is 15.0 Å². The summed E-state index contributed by atoms with van der Waals surface area (Å²) in [4.78, 5) is 21.1. The van der Waals surface area contributed by atoms with E-state index in [9.17, 15) is 13.2 Å². The molecule has 11 heteroatoms. The molecule has 1 aliphatic heterocycles. The largest absolute Gasteiger partial charge is 0.495 e. The Morgan fingerprint density at radius 2 is 2.00 bits per heavy atom. The Labute approximate surface area is 174 Å². The van der Waals surface area contributed by atoms with Gasteiger partial charge in [0.05, 0.1) is 13.7 Å². The van der Waals surface area contributed by atoms with E-state index in [2.05, 4.69) is 20.1 Å². The highest BCUT2D eigenvalue weighted by atomic mass is 32.2. The summed E-state index contributed by atoms with van der Waals surface area (Å²) in [6, 6.07) is 4.59. The van der Waals surface area contributed by atoms with E-state index in [-0.39, 0.29) is 23.1 Å². The molecule has 0 radical (unpaired) electrons. The monoisotopic (exact) mass is 439 g/mol. The zero-order valence-electron chi connectivity index (χ0n) is 16.7. The summed E-state index contributed by atoms with van der Waals surface area (Å²) in [7, 11) is 0.613. The molecule has 1 saturated heterocycles. The molecule has 29 heavy (non-hydrogen) atoms. The third-order valence-corrected chi connectivity index (χ3v) is 7.30. The predicted molar refractivity (Wildman–Crippen MR) is 113 cm³/mol. The molecule has 0 spiro atoms. The van der Waals surface area contributed by atoms with Crippen LogP contribution in [0.2, 0.25) is 0 Å². The van der Waals surface area contributed by atoms with E-state index in [1.165, 1.54) is 27.3 Å². The molecular formula is C18H25N5O4S2. The van der Waals surface area contributed by atoms with Crippen LogP contribution in [0.15, 0.2) is 34.7 Å². The third kappa shape index (κ3) is 5.04. The number of nitrogens with one attached hydrogen (secondary N) is 1. The first kappa shape index (κ1) is 21.5. The Balaban J connectivity index is 1.61. The molecule has 9 nitrogen and oxygen atoms in total. The van der Waals surface area contributed by atoms with Crippen molar-refractivity contribution in [3.63, 3.8) is 0 Å². The van der Waals surface area contributed by atoms with Crippen LogP contribution in [0.5, 0.6) is 5.75 Å². The first-order valence-corrected chi connectivity index (χ1v) is 11.4. The zero-order chi connectivity index (χ0) is 21.0. The number of rotatable bonds is 7. The number of hydrogen-bond acceptors (Lipinski definition) is 8. The van der Waals surface area contributed by atoms with Crippen molar-refractivity contribution in [2.24, 2.45) is 0 Å². The van der Waals surface area contributed by atoms with Crippen LogP contribution in [0.3, 0.4) is 0 Å². The van der Waals surface area contributed by atoms with Gasteiger partial charge in [-0.2, -0.15) is 0 Å². The van der Waals surface area contributed by atoms with Crippen molar-refractivity contribution in [1.82, 2.24) is 14.2 Å². The van der Waals surface area contributed by atoms with Crippen LogP contribution in [0, 0.1) is 0 Å². The van der Waals surface area contributed by atoms with Gasteiger partial charge in [0.1, 0.15) is 10.6 Å². The number of hydrogen-bond donors (Lipinski definition) is 1. The maximum atomic E-state index is 12.5. The summed E-state index contributed by atoms with van der Waals surface area (Å²) in [6.45, 7) is 3.39. The highest BCUT2D eigenvalue weighted by Crippen LogP contribution is 2.29. The number of ether oxygens (including phenoxy) is 1. The van der Waals surface area contributed by atoms with Crippen LogP contribution in [0.1, 0.15) is 0 Å². The molecule has 1 aromatic heterocycles. The number of benzene rings is 1. The van der Waals surface area contributed by atoms with Gasteiger partial charge in [0.2, 0.25) is 15.9 Å². The van der Waals surface area contributed by atoms with Crippen molar-refractivity contribution in [2.45, 2.75) is 4.90 Å². The number of methoxy groups -OCH3 is 1. The van der Waals surface area contributed by atoms with Crippen LogP contribution in [0.25, 0.3) is 0 Å². The molecule has 3 rings (SSSR count). The summed E-state index contributed by atoms with van der Waals surface area (Å²) >= 11 is 1.61. The maximum Gasteiger partial charge on any atom is 0.246 e. The summed E-state index contributed by atoms with van der Waals surface area (Å²) in [5.41, 5.74) is 0.414.